The van der Waals surface area contributed by atoms with Gasteiger partial charge in [-0.2, -0.15) is 0 Å². The van der Waals surface area contributed by atoms with Crippen LogP contribution in [0, 0.1) is 0 Å². The Morgan fingerprint density at radius 3 is 1.91 bits per heavy atom. The van der Waals surface area contributed by atoms with E-state index in [0.29, 0.717) is 0 Å². The molecule has 0 aromatic carbocycles. The molecule has 1 aliphatic rings. The lowest BCUT2D eigenvalue weighted by Gasteiger charge is -2.33. The van der Waals surface area contributed by atoms with E-state index >= 15 is 0 Å². The van der Waals surface area contributed by atoms with Gasteiger partial charge in [-0.3, -0.25) is 0 Å². The number of nitrogens with zero attached hydrogens (tertiary/aromatic N) is 2. The predicted molar refractivity (Wildman–Crippen MR) is 48.8 cm³/mol. The van der Waals surface area contributed by atoms with Crippen molar-refractivity contribution in [2.45, 2.75) is 20.3 Å². The minimum Gasteiger partial charge on any atom is -0.301 e. The van der Waals surface area contributed by atoms with E-state index in [1.807, 2.05) is 0 Å². The Morgan fingerprint density at radius 1 is 0.909 bits per heavy atom. The average molecular weight is 156 g/mol. The summed E-state index contributed by atoms with van der Waals surface area (Å²) in [5.41, 5.74) is 0. The second-order valence-corrected chi connectivity index (χ2v) is 3.28. The average Bonchev–Trinajstić information content (AvgIpc) is 2.07. The van der Waals surface area contributed by atoms with Crippen LogP contribution in [-0.4, -0.2) is 49.1 Å². The SMILES string of the molecule is CCCN1CCN(CC)CC1. The van der Waals surface area contributed by atoms with Gasteiger partial charge in [0.25, 0.3) is 0 Å². The molecule has 0 saturated carbocycles. The normalized spacial score (nSPS) is 22.4. The third kappa shape index (κ3) is 2.80. The molecule has 0 atom stereocenters. The van der Waals surface area contributed by atoms with Gasteiger partial charge in [0, 0.05) is 26.2 Å². The maximum absolute atomic E-state index is 2.56. The Kier molecular flexibility index (Phi) is 3.87. The maximum Gasteiger partial charge on any atom is 0.0110 e. The summed E-state index contributed by atoms with van der Waals surface area (Å²) >= 11 is 0. The quantitative estimate of drug-likeness (QED) is 0.602. The van der Waals surface area contributed by atoms with Crippen LogP contribution in [0.4, 0.5) is 0 Å². The van der Waals surface area contributed by atoms with Gasteiger partial charge in [0.05, 0.1) is 0 Å². The Morgan fingerprint density at radius 2 is 1.45 bits per heavy atom. The second-order valence-electron chi connectivity index (χ2n) is 3.28. The highest BCUT2D eigenvalue weighted by atomic mass is 15.3. The molecule has 1 fully saturated rings. The summed E-state index contributed by atoms with van der Waals surface area (Å²) in [4.78, 5) is 5.08. The first kappa shape index (κ1) is 9.01. The van der Waals surface area contributed by atoms with Gasteiger partial charge in [-0.05, 0) is 19.5 Å². The van der Waals surface area contributed by atoms with Crippen molar-refractivity contribution in [2.75, 3.05) is 39.3 Å². The molecule has 11 heavy (non-hydrogen) atoms. The first-order valence-electron chi connectivity index (χ1n) is 4.81. The van der Waals surface area contributed by atoms with Crippen LogP contribution < -0.4 is 0 Å². The third-order valence-corrected chi connectivity index (χ3v) is 2.45. The van der Waals surface area contributed by atoms with Crippen LogP contribution in [0.2, 0.25) is 0 Å². The molecule has 0 bridgehead atoms. The fourth-order valence-corrected chi connectivity index (χ4v) is 1.65. The van der Waals surface area contributed by atoms with Gasteiger partial charge in [-0.1, -0.05) is 13.8 Å². The minimum atomic E-state index is 1.22. The lowest BCUT2D eigenvalue weighted by atomic mass is 10.3. The van der Waals surface area contributed by atoms with E-state index in [1.165, 1.54) is 45.7 Å². The molecule has 0 aromatic heterocycles. The van der Waals surface area contributed by atoms with Gasteiger partial charge >= 0.3 is 0 Å². The molecule has 1 saturated heterocycles. The van der Waals surface area contributed by atoms with Crippen molar-refractivity contribution in [1.82, 2.24) is 9.80 Å². The van der Waals surface area contributed by atoms with Gasteiger partial charge in [-0.15, -0.1) is 0 Å². The molecular formula is C9H20N2. The van der Waals surface area contributed by atoms with Crippen LogP contribution in [0.3, 0.4) is 0 Å². The van der Waals surface area contributed by atoms with Crippen LogP contribution in [0.1, 0.15) is 20.3 Å². The summed E-state index contributed by atoms with van der Waals surface area (Å²) < 4.78 is 0. The first-order valence-corrected chi connectivity index (χ1v) is 4.81. The summed E-state index contributed by atoms with van der Waals surface area (Å²) in [7, 11) is 0. The molecule has 2 heteroatoms. The summed E-state index contributed by atoms with van der Waals surface area (Å²) in [5.74, 6) is 0. The third-order valence-electron chi connectivity index (χ3n) is 2.45. The standard InChI is InChI=1S/C9H20N2/c1-3-5-11-8-6-10(4-2)7-9-11/h3-9H2,1-2H3. The molecule has 0 spiro atoms. The van der Waals surface area contributed by atoms with Crippen molar-refractivity contribution >= 4 is 0 Å². The van der Waals surface area contributed by atoms with E-state index < -0.39 is 0 Å². The smallest absolute Gasteiger partial charge is 0.0110 e. The number of rotatable bonds is 3. The molecule has 1 rings (SSSR count). The fourth-order valence-electron chi connectivity index (χ4n) is 1.65. The Bertz CT molecular complexity index is 95.7. The van der Waals surface area contributed by atoms with Gasteiger partial charge in [0.1, 0.15) is 0 Å². The van der Waals surface area contributed by atoms with E-state index in [2.05, 4.69) is 23.6 Å². The van der Waals surface area contributed by atoms with E-state index in [-0.39, 0.29) is 0 Å². The lowest BCUT2D eigenvalue weighted by molar-refractivity contribution is 0.137. The highest BCUT2D eigenvalue weighted by molar-refractivity contribution is 4.69. The maximum atomic E-state index is 2.56. The van der Waals surface area contributed by atoms with Gasteiger partial charge in [0.2, 0.25) is 0 Å². The van der Waals surface area contributed by atoms with Gasteiger partial charge in [0.15, 0.2) is 0 Å². The molecule has 0 aliphatic carbocycles. The van der Waals surface area contributed by atoms with Crippen LogP contribution in [0.5, 0.6) is 0 Å². The number of hydrogen-bond donors (Lipinski definition) is 0. The van der Waals surface area contributed by atoms with Crippen molar-refractivity contribution in [3.8, 4) is 0 Å². The summed E-state index contributed by atoms with van der Waals surface area (Å²) in [6, 6.07) is 0. The van der Waals surface area contributed by atoms with Crippen LogP contribution in [0.15, 0.2) is 0 Å². The molecule has 0 radical (unpaired) electrons. The van der Waals surface area contributed by atoms with Crippen LogP contribution >= 0.6 is 0 Å². The van der Waals surface area contributed by atoms with Crippen molar-refractivity contribution in [2.24, 2.45) is 0 Å². The lowest BCUT2D eigenvalue weighted by Crippen LogP contribution is -2.46. The zero-order chi connectivity index (χ0) is 8.10. The number of likely N-dealkylation sites (N-methyl/N-ethyl adjacent to an activating group) is 1. The monoisotopic (exact) mass is 156 g/mol. The Balaban J connectivity index is 2.14. The highest BCUT2D eigenvalue weighted by Crippen LogP contribution is 2.00. The largest absolute Gasteiger partial charge is 0.301 e. The van der Waals surface area contributed by atoms with Crippen LogP contribution in [0.25, 0.3) is 0 Å². The van der Waals surface area contributed by atoms with E-state index in [4.69, 9.17) is 0 Å². The number of hydrogen-bond acceptors (Lipinski definition) is 2. The molecule has 2 nitrogen and oxygen atoms in total. The molecule has 0 aromatic rings. The molecular weight excluding hydrogens is 136 g/mol. The molecule has 0 unspecified atom stereocenters. The zero-order valence-electron chi connectivity index (χ0n) is 7.84. The van der Waals surface area contributed by atoms with Crippen molar-refractivity contribution in [3.05, 3.63) is 0 Å². The Hall–Kier alpha value is -0.0800. The molecule has 1 heterocycles. The van der Waals surface area contributed by atoms with Crippen LogP contribution in [-0.2, 0) is 0 Å². The Labute approximate surface area is 70.2 Å². The molecule has 1 aliphatic heterocycles. The first-order chi connectivity index (χ1) is 5.36. The second kappa shape index (κ2) is 4.73. The molecule has 66 valence electrons. The highest BCUT2D eigenvalue weighted by Gasteiger charge is 2.13. The van der Waals surface area contributed by atoms with Crippen molar-refractivity contribution in [3.63, 3.8) is 0 Å². The van der Waals surface area contributed by atoms with E-state index in [0.717, 1.165) is 0 Å². The van der Waals surface area contributed by atoms with E-state index in [1.54, 1.807) is 0 Å². The zero-order valence-corrected chi connectivity index (χ0v) is 7.84. The van der Waals surface area contributed by atoms with Gasteiger partial charge < -0.3 is 9.80 Å². The van der Waals surface area contributed by atoms with Crippen molar-refractivity contribution < 1.29 is 0 Å². The topological polar surface area (TPSA) is 6.48 Å². The molecule has 0 amide bonds. The van der Waals surface area contributed by atoms with E-state index in [9.17, 15) is 0 Å². The summed E-state index contributed by atoms with van der Waals surface area (Å²) in [5, 5.41) is 0. The van der Waals surface area contributed by atoms with Crippen molar-refractivity contribution in [1.29, 1.82) is 0 Å². The predicted octanol–water partition coefficient (Wildman–Crippen LogP) is 1.03. The summed E-state index contributed by atoms with van der Waals surface area (Å²) in [6.07, 6.45) is 1.30. The fraction of sp³-hybridized carbons (Fsp3) is 1.00. The molecule has 0 N–H and O–H groups in total. The summed E-state index contributed by atoms with van der Waals surface area (Å²) in [6.45, 7) is 12.1. The number of piperazine rings is 1. The minimum absolute atomic E-state index is 1.22. The van der Waals surface area contributed by atoms with Gasteiger partial charge in [-0.25, -0.2) is 0 Å².